The number of H-pyrrole nitrogens is 1. The Morgan fingerprint density at radius 3 is 3.07 bits per heavy atom. The monoisotopic (exact) mass is 194 g/mol. The van der Waals surface area contributed by atoms with Crippen LogP contribution in [0.25, 0.3) is 0 Å². The summed E-state index contributed by atoms with van der Waals surface area (Å²) in [4.78, 5) is 18.3. The molecule has 1 aliphatic carbocycles. The largest absolute Gasteiger partial charge is 0.378 e. The van der Waals surface area contributed by atoms with Crippen molar-refractivity contribution in [2.45, 2.75) is 25.9 Å². The zero-order valence-corrected chi connectivity index (χ0v) is 8.25. The van der Waals surface area contributed by atoms with E-state index in [0.717, 1.165) is 18.2 Å². The summed E-state index contributed by atoms with van der Waals surface area (Å²) in [7, 11) is 1.60. The molecule has 2 rings (SSSR count). The first-order valence-corrected chi connectivity index (χ1v) is 4.86. The minimum absolute atomic E-state index is 0.0808. The molecule has 76 valence electrons. The van der Waals surface area contributed by atoms with E-state index in [2.05, 4.69) is 9.97 Å². The average molecular weight is 194 g/mol. The number of aromatic amines is 1. The predicted octanol–water partition coefficient (Wildman–Crippen LogP) is 0.869. The van der Waals surface area contributed by atoms with Gasteiger partial charge in [0.1, 0.15) is 5.82 Å². The van der Waals surface area contributed by atoms with E-state index in [-0.39, 0.29) is 5.56 Å². The SMILES string of the molecule is COCc1cc(=O)[nH]c(CC2CC2)n1. The summed E-state index contributed by atoms with van der Waals surface area (Å²) < 4.78 is 4.94. The van der Waals surface area contributed by atoms with E-state index >= 15 is 0 Å². The second-order valence-corrected chi connectivity index (χ2v) is 3.76. The van der Waals surface area contributed by atoms with Gasteiger partial charge in [0.05, 0.1) is 12.3 Å². The van der Waals surface area contributed by atoms with Crippen LogP contribution in [-0.2, 0) is 17.8 Å². The first-order chi connectivity index (χ1) is 6.78. The van der Waals surface area contributed by atoms with Crippen molar-refractivity contribution in [2.24, 2.45) is 5.92 Å². The zero-order chi connectivity index (χ0) is 9.97. The molecule has 1 aromatic heterocycles. The van der Waals surface area contributed by atoms with Crippen molar-refractivity contribution >= 4 is 0 Å². The molecule has 0 amide bonds. The van der Waals surface area contributed by atoms with E-state index in [9.17, 15) is 4.79 Å². The quantitative estimate of drug-likeness (QED) is 0.773. The van der Waals surface area contributed by atoms with Gasteiger partial charge in [-0.3, -0.25) is 4.79 Å². The molecule has 0 aliphatic heterocycles. The number of methoxy groups -OCH3 is 1. The molecule has 1 heterocycles. The Balaban J connectivity index is 2.16. The molecule has 1 aromatic rings. The van der Waals surface area contributed by atoms with Crippen LogP contribution in [0.1, 0.15) is 24.4 Å². The van der Waals surface area contributed by atoms with Gasteiger partial charge in [0.15, 0.2) is 0 Å². The lowest BCUT2D eigenvalue weighted by Crippen LogP contribution is -2.13. The Labute approximate surface area is 82.3 Å². The molecule has 4 heteroatoms. The normalized spacial score (nSPS) is 15.8. The third-order valence-electron chi connectivity index (χ3n) is 2.31. The van der Waals surface area contributed by atoms with Gasteiger partial charge in [-0.15, -0.1) is 0 Å². The Morgan fingerprint density at radius 2 is 2.43 bits per heavy atom. The number of hydrogen-bond donors (Lipinski definition) is 1. The first-order valence-electron chi connectivity index (χ1n) is 4.86. The molecule has 0 atom stereocenters. The summed E-state index contributed by atoms with van der Waals surface area (Å²) in [5.41, 5.74) is 0.634. The molecular formula is C10H14N2O2. The van der Waals surface area contributed by atoms with E-state index in [0.29, 0.717) is 12.3 Å². The van der Waals surface area contributed by atoms with Crippen LogP contribution < -0.4 is 5.56 Å². The molecule has 4 nitrogen and oxygen atoms in total. The number of aromatic nitrogens is 2. The molecule has 0 radical (unpaired) electrons. The van der Waals surface area contributed by atoms with Crippen molar-refractivity contribution in [2.75, 3.05) is 7.11 Å². The fourth-order valence-electron chi connectivity index (χ4n) is 1.48. The Bertz CT molecular complexity index is 369. The fraction of sp³-hybridized carbons (Fsp3) is 0.600. The number of nitrogens with zero attached hydrogens (tertiary/aromatic N) is 1. The highest BCUT2D eigenvalue weighted by Crippen LogP contribution is 2.31. The van der Waals surface area contributed by atoms with Gasteiger partial charge in [-0.05, 0) is 18.8 Å². The summed E-state index contributed by atoms with van der Waals surface area (Å²) >= 11 is 0. The smallest absolute Gasteiger partial charge is 0.251 e. The van der Waals surface area contributed by atoms with Crippen molar-refractivity contribution in [3.05, 3.63) is 27.9 Å². The lowest BCUT2D eigenvalue weighted by molar-refractivity contribution is 0.181. The molecule has 0 spiro atoms. The van der Waals surface area contributed by atoms with Crippen molar-refractivity contribution in [3.63, 3.8) is 0 Å². The van der Waals surface area contributed by atoms with Crippen molar-refractivity contribution in [3.8, 4) is 0 Å². The van der Waals surface area contributed by atoms with Gasteiger partial charge in [0.25, 0.3) is 5.56 Å². The average Bonchev–Trinajstić information content (AvgIpc) is 2.87. The molecule has 0 unspecified atom stereocenters. The highest BCUT2D eigenvalue weighted by atomic mass is 16.5. The van der Waals surface area contributed by atoms with Crippen molar-refractivity contribution in [1.82, 2.24) is 9.97 Å². The summed E-state index contributed by atoms with van der Waals surface area (Å²) in [5, 5.41) is 0. The molecule has 0 bridgehead atoms. The van der Waals surface area contributed by atoms with E-state index in [1.165, 1.54) is 18.9 Å². The van der Waals surface area contributed by atoms with Crippen LogP contribution in [0.5, 0.6) is 0 Å². The van der Waals surface area contributed by atoms with Crippen LogP contribution >= 0.6 is 0 Å². The summed E-state index contributed by atoms with van der Waals surface area (Å²) in [6.07, 6.45) is 3.42. The minimum atomic E-state index is -0.0808. The molecule has 1 N–H and O–H groups in total. The van der Waals surface area contributed by atoms with Crippen molar-refractivity contribution in [1.29, 1.82) is 0 Å². The van der Waals surface area contributed by atoms with Crippen molar-refractivity contribution < 1.29 is 4.74 Å². The summed E-state index contributed by atoms with van der Waals surface area (Å²) in [6, 6.07) is 1.49. The van der Waals surface area contributed by atoms with E-state index in [1.54, 1.807) is 7.11 Å². The fourth-order valence-corrected chi connectivity index (χ4v) is 1.48. The lowest BCUT2D eigenvalue weighted by Gasteiger charge is -2.02. The first kappa shape index (κ1) is 9.40. The standard InChI is InChI=1S/C10H14N2O2/c1-14-6-8-5-10(13)12-9(11-8)4-7-2-3-7/h5,7H,2-4,6H2,1H3,(H,11,12,13). The van der Waals surface area contributed by atoms with Crippen LogP contribution in [0.3, 0.4) is 0 Å². The number of rotatable bonds is 4. The van der Waals surface area contributed by atoms with Crippen LogP contribution in [0, 0.1) is 5.92 Å². The lowest BCUT2D eigenvalue weighted by atomic mass is 10.2. The Kier molecular flexibility index (Phi) is 2.63. The highest BCUT2D eigenvalue weighted by Gasteiger charge is 2.22. The topological polar surface area (TPSA) is 55.0 Å². The van der Waals surface area contributed by atoms with E-state index < -0.39 is 0 Å². The maximum Gasteiger partial charge on any atom is 0.251 e. The van der Waals surface area contributed by atoms with Gasteiger partial charge in [0.2, 0.25) is 0 Å². The number of hydrogen-bond acceptors (Lipinski definition) is 3. The molecule has 14 heavy (non-hydrogen) atoms. The van der Waals surface area contributed by atoms with Crippen LogP contribution in [0.15, 0.2) is 10.9 Å². The maximum absolute atomic E-state index is 11.2. The second kappa shape index (κ2) is 3.92. The van der Waals surface area contributed by atoms with Gasteiger partial charge < -0.3 is 9.72 Å². The molecule has 0 aromatic carbocycles. The third kappa shape index (κ3) is 2.42. The molecule has 1 saturated carbocycles. The van der Waals surface area contributed by atoms with E-state index in [4.69, 9.17) is 4.74 Å². The van der Waals surface area contributed by atoms with Crippen LogP contribution in [0.4, 0.5) is 0 Å². The summed E-state index contributed by atoms with van der Waals surface area (Å²) in [6.45, 7) is 0.404. The zero-order valence-electron chi connectivity index (χ0n) is 8.25. The van der Waals surface area contributed by atoms with Gasteiger partial charge in [0, 0.05) is 19.6 Å². The third-order valence-corrected chi connectivity index (χ3v) is 2.31. The summed E-state index contributed by atoms with van der Waals surface area (Å²) in [5.74, 6) is 1.53. The van der Waals surface area contributed by atoms with Crippen LogP contribution in [0.2, 0.25) is 0 Å². The van der Waals surface area contributed by atoms with E-state index in [1.807, 2.05) is 0 Å². The molecular weight excluding hydrogens is 180 g/mol. The minimum Gasteiger partial charge on any atom is -0.378 e. The Morgan fingerprint density at radius 1 is 1.64 bits per heavy atom. The van der Waals surface area contributed by atoms with Gasteiger partial charge in [-0.25, -0.2) is 4.98 Å². The maximum atomic E-state index is 11.2. The Hall–Kier alpha value is -1.16. The van der Waals surface area contributed by atoms with Crippen LogP contribution in [-0.4, -0.2) is 17.1 Å². The highest BCUT2D eigenvalue weighted by molar-refractivity contribution is 5.03. The second-order valence-electron chi connectivity index (χ2n) is 3.76. The molecule has 1 aliphatic rings. The predicted molar refractivity (Wildman–Crippen MR) is 52.0 cm³/mol. The number of nitrogens with one attached hydrogen (secondary N) is 1. The molecule has 0 saturated heterocycles. The van der Waals surface area contributed by atoms with Gasteiger partial charge in [-0.2, -0.15) is 0 Å². The van der Waals surface area contributed by atoms with Gasteiger partial charge >= 0.3 is 0 Å². The molecule has 1 fully saturated rings. The number of ether oxygens (including phenoxy) is 1. The van der Waals surface area contributed by atoms with Gasteiger partial charge in [-0.1, -0.05) is 0 Å².